The second-order valence-corrected chi connectivity index (χ2v) is 8.66. The Labute approximate surface area is 199 Å². The van der Waals surface area contributed by atoms with Gasteiger partial charge in [-0.15, -0.1) is 0 Å². The lowest BCUT2D eigenvalue weighted by molar-refractivity contribution is -0.130. The maximum Gasteiger partial charge on any atom is 0.314 e. The Bertz CT molecular complexity index is 1160. The molecule has 168 valence electrons. The lowest BCUT2D eigenvalue weighted by atomic mass is 9.96. The van der Waals surface area contributed by atoms with Gasteiger partial charge in [0.1, 0.15) is 5.69 Å². The number of hydrogen-bond donors (Lipinski definition) is 0. The zero-order valence-corrected chi connectivity index (χ0v) is 19.6. The van der Waals surface area contributed by atoms with Crippen molar-refractivity contribution in [3.05, 3.63) is 91.0 Å². The number of carbonyl (C=O) groups excluding carboxylic acids is 1. The van der Waals surface area contributed by atoms with E-state index in [1.165, 1.54) is 30.1 Å². The molecule has 0 bridgehead atoms. The standard InChI is InChI=1S/C28H28N2O2S/c1-22(31)32-33-21-13-5-12-20-30-28(25-18-10-4-11-19-25)26(23-14-6-2-7-15-23)27(29-30)24-16-8-3-9-17-24/h2-4,6-11,14-19H,5,12-13,20-21H2,1H3. The highest BCUT2D eigenvalue weighted by atomic mass is 32.2. The number of hydrogen-bond acceptors (Lipinski definition) is 4. The molecule has 0 saturated carbocycles. The third-order valence-electron chi connectivity index (χ3n) is 5.38. The van der Waals surface area contributed by atoms with Crippen LogP contribution in [0.25, 0.3) is 33.6 Å². The molecule has 4 rings (SSSR count). The van der Waals surface area contributed by atoms with Crippen LogP contribution in [0.4, 0.5) is 0 Å². The summed E-state index contributed by atoms with van der Waals surface area (Å²) in [6.45, 7) is 2.26. The van der Waals surface area contributed by atoms with Crippen molar-refractivity contribution in [1.82, 2.24) is 9.78 Å². The van der Waals surface area contributed by atoms with Crippen molar-refractivity contribution in [3.63, 3.8) is 0 Å². The SMILES string of the molecule is CC(=O)OSCCCCCn1nc(-c2ccccc2)c(-c2ccccc2)c1-c1ccccc1. The fourth-order valence-corrected chi connectivity index (χ4v) is 4.48. The summed E-state index contributed by atoms with van der Waals surface area (Å²) in [6, 6.07) is 31.5. The third kappa shape index (κ3) is 5.93. The van der Waals surface area contributed by atoms with E-state index in [0.29, 0.717) is 0 Å². The first-order valence-electron chi connectivity index (χ1n) is 11.3. The van der Waals surface area contributed by atoms with E-state index in [9.17, 15) is 4.79 Å². The van der Waals surface area contributed by atoms with Crippen LogP contribution >= 0.6 is 12.0 Å². The quantitative estimate of drug-likeness (QED) is 0.186. The zero-order chi connectivity index (χ0) is 22.9. The molecule has 3 aromatic carbocycles. The van der Waals surface area contributed by atoms with E-state index in [-0.39, 0.29) is 5.97 Å². The maximum absolute atomic E-state index is 10.9. The van der Waals surface area contributed by atoms with Gasteiger partial charge in [0.2, 0.25) is 0 Å². The lowest BCUT2D eigenvalue weighted by Crippen LogP contribution is -2.03. The number of unbranched alkanes of at least 4 members (excludes halogenated alkanes) is 2. The Morgan fingerprint density at radius 1 is 0.788 bits per heavy atom. The van der Waals surface area contributed by atoms with E-state index in [2.05, 4.69) is 77.5 Å². The van der Waals surface area contributed by atoms with E-state index in [1.54, 1.807) is 0 Å². The molecular weight excluding hydrogens is 428 g/mol. The number of benzene rings is 3. The third-order valence-corrected chi connectivity index (χ3v) is 6.19. The van der Waals surface area contributed by atoms with Crippen molar-refractivity contribution in [2.75, 3.05) is 5.75 Å². The minimum atomic E-state index is -0.245. The van der Waals surface area contributed by atoms with Crippen molar-refractivity contribution in [1.29, 1.82) is 0 Å². The first-order valence-corrected chi connectivity index (χ1v) is 12.2. The molecule has 1 aromatic heterocycles. The summed E-state index contributed by atoms with van der Waals surface area (Å²) < 4.78 is 7.13. The topological polar surface area (TPSA) is 44.1 Å². The largest absolute Gasteiger partial charge is 0.392 e. The van der Waals surface area contributed by atoms with Crippen LogP contribution in [-0.2, 0) is 15.5 Å². The fourth-order valence-electron chi connectivity index (χ4n) is 3.91. The summed E-state index contributed by atoms with van der Waals surface area (Å²) in [7, 11) is 0. The molecule has 0 aliphatic heterocycles. The predicted octanol–water partition coefficient (Wildman–Crippen LogP) is 7.27. The number of rotatable bonds is 10. The highest BCUT2D eigenvalue weighted by Crippen LogP contribution is 2.40. The number of aromatic nitrogens is 2. The molecule has 0 aliphatic carbocycles. The van der Waals surface area contributed by atoms with Gasteiger partial charge >= 0.3 is 5.97 Å². The summed E-state index contributed by atoms with van der Waals surface area (Å²) in [5.74, 6) is 0.570. The van der Waals surface area contributed by atoms with Crippen LogP contribution in [0.1, 0.15) is 26.2 Å². The van der Waals surface area contributed by atoms with Gasteiger partial charge in [-0.25, -0.2) is 0 Å². The number of nitrogens with zero attached hydrogens (tertiary/aromatic N) is 2. The monoisotopic (exact) mass is 456 g/mol. The van der Waals surface area contributed by atoms with Crippen LogP contribution in [0, 0.1) is 0 Å². The number of aryl methyl sites for hydroxylation is 1. The summed E-state index contributed by atoms with van der Waals surface area (Å²) >= 11 is 1.24. The molecule has 0 atom stereocenters. The number of carbonyl (C=O) groups is 1. The first kappa shape index (κ1) is 22.9. The van der Waals surface area contributed by atoms with E-state index in [0.717, 1.165) is 54.1 Å². The normalized spacial score (nSPS) is 10.8. The summed E-state index contributed by atoms with van der Waals surface area (Å²) in [6.07, 6.45) is 3.05. The van der Waals surface area contributed by atoms with Gasteiger partial charge < -0.3 is 4.18 Å². The molecule has 33 heavy (non-hydrogen) atoms. The second-order valence-electron chi connectivity index (χ2n) is 7.85. The van der Waals surface area contributed by atoms with E-state index in [4.69, 9.17) is 9.28 Å². The molecule has 0 fully saturated rings. The molecule has 0 unspecified atom stereocenters. The zero-order valence-electron chi connectivity index (χ0n) is 18.8. The van der Waals surface area contributed by atoms with E-state index >= 15 is 0 Å². The van der Waals surface area contributed by atoms with Gasteiger partial charge in [0.25, 0.3) is 0 Å². The van der Waals surface area contributed by atoms with E-state index < -0.39 is 0 Å². The molecule has 4 aromatic rings. The Kier molecular flexibility index (Phi) is 7.99. The first-order chi connectivity index (χ1) is 16.2. The van der Waals surface area contributed by atoms with E-state index in [1.807, 2.05) is 18.2 Å². The lowest BCUT2D eigenvalue weighted by Gasteiger charge is -2.11. The molecule has 0 spiro atoms. The molecular formula is C28H28N2O2S. The Morgan fingerprint density at radius 2 is 1.36 bits per heavy atom. The highest BCUT2D eigenvalue weighted by Gasteiger charge is 2.21. The molecule has 0 N–H and O–H groups in total. The Morgan fingerprint density at radius 3 is 1.97 bits per heavy atom. The summed E-state index contributed by atoms with van der Waals surface area (Å²) in [5, 5.41) is 5.13. The summed E-state index contributed by atoms with van der Waals surface area (Å²) in [4.78, 5) is 10.9. The van der Waals surface area contributed by atoms with Crippen LogP contribution in [0.2, 0.25) is 0 Å². The molecule has 0 saturated heterocycles. The van der Waals surface area contributed by atoms with Crippen molar-refractivity contribution < 1.29 is 8.98 Å². The van der Waals surface area contributed by atoms with Gasteiger partial charge in [0, 0.05) is 35.9 Å². The maximum atomic E-state index is 10.9. The summed E-state index contributed by atoms with van der Waals surface area (Å²) in [5.41, 5.74) is 6.76. The van der Waals surface area contributed by atoms with Crippen molar-refractivity contribution in [3.8, 4) is 33.6 Å². The average Bonchev–Trinajstić information content (AvgIpc) is 3.24. The predicted molar refractivity (Wildman–Crippen MR) is 137 cm³/mol. The fraction of sp³-hybridized carbons (Fsp3) is 0.214. The van der Waals surface area contributed by atoms with Crippen LogP contribution in [0.3, 0.4) is 0 Å². The van der Waals surface area contributed by atoms with Crippen molar-refractivity contribution in [2.24, 2.45) is 0 Å². The van der Waals surface area contributed by atoms with Gasteiger partial charge in [-0.05, 0) is 18.4 Å². The van der Waals surface area contributed by atoms with Gasteiger partial charge in [0.15, 0.2) is 0 Å². The average molecular weight is 457 g/mol. The van der Waals surface area contributed by atoms with Gasteiger partial charge in [-0.3, -0.25) is 9.48 Å². The Balaban J connectivity index is 1.67. The second kappa shape index (κ2) is 11.5. The molecule has 4 nitrogen and oxygen atoms in total. The van der Waals surface area contributed by atoms with Gasteiger partial charge in [-0.1, -0.05) is 97.4 Å². The highest BCUT2D eigenvalue weighted by molar-refractivity contribution is 7.95. The minimum absolute atomic E-state index is 0.245. The van der Waals surface area contributed by atoms with Crippen LogP contribution in [0.5, 0.6) is 0 Å². The minimum Gasteiger partial charge on any atom is -0.392 e. The van der Waals surface area contributed by atoms with Crippen LogP contribution < -0.4 is 0 Å². The molecule has 0 aliphatic rings. The molecule has 1 heterocycles. The molecule has 0 amide bonds. The van der Waals surface area contributed by atoms with Crippen LogP contribution in [-0.4, -0.2) is 21.5 Å². The smallest absolute Gasteiger partial charge is 0.314 e. The van der Waals surface area contributed by atoms with Gasteiger partial charge in [-0.2, -0.15) is 5.10 Å². The van der Waals surface area contributed by atoms with Crippen molar-refractivity contribution >= 4 is 18.0 Å². The molecule has 0 radical (unpaired) electrons. The molecule has 5 heteroatoms. The Hall–Kier alpha value is -3.31. The van der Waals surface area contributed by atoms with Gasteiger partial charge in [0.05, 0.1) is 17.7 Å². The van der Waals surface area contributed by atoms with Crippen LogP contribution in [0.15, 0.2) is 91.0 Å². The van der Waals surface area contributed by atoms with Crippen molar-refractivity contribution in [2.45, 2.75) is 32.7 Å².